The number of nitrogens with one attached hydrogen (secondary N) is 1. The minimum atomic E-state index is -1.13. The molecule has 0 aliphatic carbocycles. The summed E-state index contributed by atoms with van der Waals surface area (Å²) >= 11 is 0. The Labute approximate surface area is 332 Å². The number of amides is 1. The Morgan fingerprint density at radius 2 is 0.642 bits per heavy atom. The summed E-state index contributed by atoms with van der Waals surface area (Å²) in [6.45, 7) is 4.21. The first kappa shape index (κ1) is 52.3. The van der Waals surface area contributed by atoms with Gasteiger partial charge in [-0.15, -0.1) is 0 Å². The summed E-state index contributed by atoms with van der Waals surface area (Å²) in [5, 5.41) is 33.6. The number of hydrogen-bond acceptors (Lipinski definition) is 4. The maximum Gasteiger partial charge on any atom is 0.220 e. The largest absolute Gasteiger partial charge is 0.394 e. The van der Waals surface area contributed by atoms with Crippen LogP contribution in [0.5, 0.6) is 0 Å². The van der Waals surface area contributed by atoms with Gasteiger partial charge in [0, 0.05) is 6.42 Å². The molecule has 1 amide bonds. The number of carbonyl (C=O) groups excluding carboxylic acids is 1. The summed E-state index contributed by atoms with van der Waals surface area (Å²) in [6.07, 6.45) is 50.8. The lowest BCUT2D eigenvalue weighted by Crippen LogP contribution is -2.50. The second-order valence-electron chi connectivity index (χ2n) is 17.0. The van der Waals surface area contributed by atoms with Crippen LogP contribution in [0.3, 0.4) is 0 Å². The Bertz CT molecular complexity index is 703. The van der Waals surface area contributed by atoms with Crippen molar-refractivity contribution in [2.75, 3.05) is 6.61 Å². The second kappa shape index (κ2) is 44.1. The number of rotatable bonds is 45. The number of aliphatic hydroxyl groups excluding tert-OH is 3. The quantitative estimate of drug-likeness (QED) is 0.0466. The minimum Gasteiger partial charge on any atom is -0.394 e. The van der Waals surface area contributed by atoms with Crippen molar-refractivity contribution in [3.8, 4) is 0 Å². The zero-order valence-electron chi connectivity index (χ0n) is 36.2. The van der Waals surface area contributed by atoms with Crippen LogP contribution in [0.1, 0.15) is 277 Å². The van der Waals surface area contributed by atoms with Crippen molar-refractivity contribution in [2.24, 2.45) is 0 Å². The lowest BCUT2D eigenvalue weighted by molar-refractivity contribution is -0.124. The van der Waals surface area contributed by atoms with E-state index in [1.54, 1.807) is 0 Å². The predicted octanol–water partition coefficient (Wildman–Crippen LogP) is 14.2. The Balaban J connectivity index is 3.54. The van der Waals surface area contributed by atoms with E-state index in [9.17, 15) is 20.1 Å². The van der Waals surface area contributed by atoms with Gasteiger partial charge in [0.2, 0.25) is 5.91 Å². The van der Waals surface area contributed by atoms with Gasteiger partial charge in [0.05, 0.1) is 18.8 Å². The second-order valence-corrected chi connectivity index (χ2v) is 17.0. The van der Waals surface area contributed by atoms with Gasteiger partial charge in [0.1, 0.15) is 6.10 Å². The molecule has 0 saturated heterocycles. The van der Waals surface area contributed by atoms with Gasteiger partial charge in [-0.2, -0.15) is 0 Å². The van der Waals surface area contributed by atoms with Gasteiger partial charge < -0.3 is 20.6 Å². The van der Waals surface area contributed by atoms with E-state index in [0.717, 1.165) is 32.1 Å². The predicted molar refractivity (Wildman–Crippen MR) is 232 cm³/mol. The van der Waals surface area contributed by atoms with E-state index in [2.05, 4.69) is 19.2 Å². The first-order valence-electron chi connectivity index (χ1n) is 24.3. The summed E-state index contributed by atoms with van der Waals surface area (Å²) in [5.41, 5.74) is 0. The highest BCUT2D eigenvalue weighted by Crippen LogP contribution is 2.18. The maximum atomic E-state index is 12.5. The molecule has 0 aromatic heterocycles. The fourth-order valence-corrected chi connectivity index (χ4v) is 7.93. The molecule has 53 heavy (non-hydrogen) atoms. The van der Waals surface area contributed by atoms with Crippen molar-refractivity contribution in [2.45, 2.75) is 295 Å². The average molecular weight is 752 g/mol. The van der Waals surface area contributed by atoms with E-state index in [4.69, 9.17) is 0 Å². The molecule has 5 nitrogen and oxygen atoms in total. The normalized spacial score (nSPS) is 13.4. The summed E-state index contributed by atoms with van der Waals surface area (Å²) in [4.78, 5) is 12.5. The van der Waals surface area contributed by atoms with Crippen LogP contribution in [-0.2, 0) is 4.79 Å². The summed E-state index contributed by atoms with van der Waals surface area (Å²) in [6, 6.07) is -0.803. The van der Waals surface area contributed by atoms with Gasteiger partial charge in [0.15, 0.2) is 0 Å². The third-order valence-electron chi connectivity index (χ3n) is 11.7. The standard InChI is InChI=1S/C48H97NO4/c1-3-5-7-9-11-13-15-17-19-21-22-23-24-25-27-29-31-33-35-37-39-41-43-47(52)49-45(44-50)48(53)46(51)42-40-38-36-34-32-30-28-26-20-18-16-14-12-10-8-6-4-2/h45-46,48,50-51,53H,3-44H2,1-2H3,(H,49,52). The molecule has 3 unspecified atom stereocenters. The van der Waals surface area contributed by atoms with E-state index in [1.165, 1.54) is 218 Å². The third kappa shape index (κ3) is 39.4. The van der Waals surface area contributed by atoms with Crippen molar-refractivity contribution >= 4 is 5.91 Å². The molecular weight excluding hydrogens is 655 g/mol. The van der Waals surface area contributed by atoms with Crippen LogP contribution in [0.25, 0.3) is 0 Å². The highest BCUT2D eigenvalue weighted by molar-refractivity contribution is 5.76. The van der Waals surface area contributed by atoms with Gasteiger partial charge in [-0.25, -0.2) is 0 Å². The van der Waals surface area contributed by atoms with E-state index in [1.807, 2.05) is 0 Å². The fraction of sp³-hybridized carbons (Fsp3) is 0.979. The van der Waals surface area contributed by atoms with Crippen molar-refractivity contribution < 1.29 is 20.1 Å². The molecular formula is C48H97NO4. The van der Waals surface area contributed by atoms with E-state index < -0.39 is 18.2 Å². The van der Waals surface area contributed by atoms with E-state index in [-0.39, 0.29) is 12.5 Å². The van der Waals surface area contributed by atoms with Crippen molar-refractivity contribution in [3.05, 3.63) is 0 Å². The van der Waals surface area contributed by atoms with Gasteiger partial charge in [-0.05, 0) is 12.8 Å². The Hall–Kier alpha value is -0.650. The highest BCUT2D eigenvalue weighted by Gasteiger charge is 2.26. The van der Waals surface area contributed by atoms with Crippen molar-refractivity contribution in [1.29, 1.82) is 0 Å². The SMILES string of the molecule is CCCCCCCCCCCCCCCCCCCCCCCCC(=O)NC(CO)C(O)C(O)CCCCCCCCCCCCCCCCCCC. The molecule has 0 fully saturated rings. The smallest absolute Gasteiger partial charge is 0.220 e. The molecule has 0 aromatic carbocycles. The van der Waals surface area contributed by atoms with Crippen LogP contribution in [0.15, 0.2) is 0 Å². The molecule has 0 spiro atoms. The first-order chi connectivity index (χ1) is 26.1. The molecule has 4 N–H and O–H groups in total. The molecule has 3 atom stereocenters. The molecule has 0 aromatic rings. The third-order valence-corrected chi connectivity index (χ3v) is 11.7. The van der Waals surface area contributed by atoms with E-state index in [0.29, 0.717) is 12.8 Å². The zero-order valence-corrected chi connectivity index (χ0v) is 36.2. The van der Waals surface area contributed by atoms with Crippen LogP contribution in [0.4, 0.5) is 0 Å². The van der Waals surface area contributed by atoms with Crippen LogP contribution in [0, 0.1) is 0 Å². The summed E-state index contributed by atoms with van der Waals surface area (Å²) in [7, 11) is 0. The van der Waals surface area contributed by atoms with Gasteiger partial charge >= 0.3 is 0 Å². The lowest BCUT2D eigenvalue weighted by atomic mass is 9.99. The molecule has 0 radical (unpaired) electrons. The van der Waals surface area contributed by atoms with Crippen molar-refractivity contribution in [1.82, 2.24) is 5.32 Å². The molecule has 5 heteroatoms. The number of aliphatic hydroxyl groups is 3. The average Bonchev–Trinajstić information content (AvgIpc) is 3.16. The number of hydrogen-bond donors (Lipinski definition) is 4. The van der Waals surface area contributed by atoms with Gasteiger partial charge in [-0.1, -0.05) is 258 Å². The lowest BCUT2D eigenvalue weighted by Gasteiger charge is -2.26. The fourth-order valence-electron chi connectivity index (χ4n) is 7.93. The molecule has 0 aliphatic rings. The molecule has 318 valence electrons. The molecule has 0 aliphatic heterocycles. The monoisotopic (exact) mass is 752 g/mol. The number of carbonyl (C=O) groups is 1. The van der Waals surface area contributed by atoms with Gasteiger partial charge in [-0.3, -0.25) is 4.79 Å². The first-order valence-corrected chi connectivity index (χ1v) is 24.3. The Kier molecular flexibility index (Phi) is 43.5. The topological polar surface area (TPSA) is 89.8 Å². The van der Waals surface area contributed by atoms with Crippen LogP contribution in [0.2, 0.25) is 0 Å². The zero-order chi connectivity index (χ0) is 38.7. The van der Waals surface area contributed by atoms with Crippen LogP contribution in [-0.4, -0.2) is 46.1 Å². The van der Waals surface area contributed by atoms with Gasteiger partial charge in [0.25, 0.3) is 0 Å². The maximum absolute atomic E-state index is 12.5. The molecule has 0 heterocycles. The number of unbranched alkanes of at least 4 members (excludes halogenated alkanes) is 37. The molecule has 0 bridgehead atoms. The van der Waals surface area contributed by atoms with E-state index >= 15 is 0 Å². The molecule has 0 saturated carbocycles. The van der Waals surface area contributed by atoms with Crippen LogP contribution < -0.4 is 5.32 Å². The summed E-state index contributed by atoms with van der Waals surface area (Å²) in [5.74, 6) is -0.138. The highest BCUT2D eigenvalue weighted by atomic mass is 16.3. The summed E-state index contributed by atoms with van der Waals surface area (Å²) < 4.78 is 0. The molecule has 0 rings (SSSR count). The van der Waals surface area contributed by atoms with Crippen molar-refractivity contribution in [3.63, 3.8) is 0 Å². The minimum absolute atomic E-state index is 0.138. The Morgan fingerprint density at radius 1 is 0.396 bits per heavy atom. The Morgan fingerprint density at radius 3 is 0.906 bits per heavy atom. The van der Waals surface area contributed by atoms with Crippen LogP contribution >= 0.6 is 0 Å².